The van der Waals surface area contributed by atoms with Gasteiger partial charge in [-0.1, -0.05) is 29.8 Å². The van der Waals surface area contributed by atoms with Crippen LogP contribution in [-0.2, 0) is 10.0 Å². The van der Waals surface area contributed by atoms with E-state index in [4.69, 9.17) is 22.7 Å². The topological polar surface area (TPSA) is 113 Å². The third-order valence-electron chi connectivity index (χ3n) is 3.47. The van der Waals surface area contributed by atoms with E-state index in [9.17, 15) is 8.42 Å². The van der Waals surface area contributed by atoms with Gasteiger partial charge in [-0.3, -0.25) is 5.41 Å². The van der Waals surface area contributed by atoms with E-state index in [1.54, 1.807) is 25.1 Å². The summed E-state index contributed by atoms with van der Waals surface area (Å²) in [6.07, 6.45) is 1.51. The first-order chi connectivity index (χ1) is 11.8. The molecule has 7 nitrogen and oxygen atoms in total. The Morgan fingerprint density at radius 3 is 2.68 bits per heavy atom. The minimum Gasteiger partial charge on any atom is -0.369 e. The Bertz CT molecular complexity index is 1100. The normalized spacial score (nSPS) is 12.5. The molecule has 0 amide bonds. The van der Waals surface area contributed by atoms with E-state index in [-0.39, 0.29) is 10.2 Å². The summed E-state index contributed by atoms with van der Waals surface area (Å²) < 4.78 is 27.7. The molecule has 0 unspecified atom stereocenters. The van der Waals surface area contributed by atoms with Gasteiger partial charge < -0.3 is 5.73 Å². The molecular weight excluding hydrogens is 382 g/mol. The number of guanidine groups is 1. The lowest BCUT2D eigenvalue weighted by atomic mass is 10.1. The fourth-order valence-corrected chi connectivity index (χ4v) is 5.32. The molecule has 10 heteroatoms. The number of nitrogens with zero attached hydrogens (tertiary/aromatic N) is 2. The highest BCUT2D eigenvalue weighted by atomic mass is 35.5. The number of hydrogen-bond donors (Lipinski definition) is 3. The largest absolute Gasteiger partial charge is 0.369 e. The van der Waals surface area contributed by atoms with E-state index in [1.165, 1.54) is 16.2 Å². The Kier molecular flexibility index (Phi) is 4.55. The molecule has 2 heterocycles. The average molecular weight is 396 g/mol. The number of hydrogen-bond acceptors (Lipinski definition) is 5. The first-order valence-electron chi connectivity index (χ1n) is 7.06. The molecule has 0 radical (unpaired) electrons. The van der Waals surface area contributed by atoms with Crippen LogP contribution >= 0.6 is 22.9 Å². The highest BCUT2D eigenvalue weighted by Gasteiger charge is 2.23. The van der Waals surface area contributed by atoms with Crippen molar-refractivity contribution in [2.45, 2.75) is 11.1 Å². The zero-order valence-corrected chi connectivity index (χ0v) is 15.4. The van der Waals surface area contributed by atoms with Gasteiger partial charge in [0.1, 0.15) is 4.21 Å². The predicted octanol–water partition coefficient (Wildman–Crippen LogP) is 2.80. The van der Waals surface area contributed by atoms with Crippen LogP contribution in [0.25, 0.3) is 10.9 Å². The lowest BCUT2D eigenvalue weighted by molar-refractivity contribution is 0.591. The Morgan fingerprint density at radius 1 is 1.32 bits per heavy atom. The summed E-state index contributed by atoms with van der Waals surface area (Å²) in [5.74, 6) is -0.302. The van der Waals surface area contributed by atoms with Crippen molar-refractivity contribution in [3.8, 4) is 0 Å². The number of fused-ring (bicyclic) bond motifs is 1. The molecule has 3 rings (SSSR count). The molecule has 2 aromatic heterocycles. The van der Waals surface area contributed by atoms with Gasteiger partial charge in [0.25, 0.3) is 10.0 Å². The number of nitrogens with two attached hydrogens (primary N) is 1. The van der Waals surface area contributed by atoms with Crippen molar-refractivity contribution < 1.29 is 8.42 Å². The van der Waals surface area contributed by atoms with Gasteiger partial charge in [-0.05, 0) is 25.1 Å². The second kappa shape index (κ2) is 6.51. The molecule has 0 fully saturated rings. The van der Waals surface area contributed by atoms with E-state index in [0.717, 1.165) is 16.7 Å². The van der Waals surface area contributed by atoms with Gasteiger partial charge >= 0.3 is 0 Å². The molecule has 1 aromatic carbocycles. The van der Waals surface area contributed by atoms with Crippen molar-refractivity contribution in [2.24, 2.45) is 10.8 Å². The van der Waals surface area contributed by atoms with Crippen molar-refractivity contribution in [3.63, 3.8) is 0 Å². The average Bonchev–Trinajstić information content (AvgIpc) is 3.17. The summed E-state index contributed by atoms with van der Waals surface area (Å²) in [6, 6.07) is 10.1. The highest BCUT2D eigenvalue weighted by Crippen LogP contribution is 2.31. The number of hydrazone groups is 1. The summed E-state index contributed by atoms with van der Waals surface area (Å²) in [5, 5.41) is 11.9. The molecule has 0 atom stereocenters. The van der Waals surface area contributed by atoms with Crippen LogP contribution in [0.2, 0.25) is 4.34 Å². The third-order valence-corrected chi connectivity index (χ3v) is 6.85. The van der Waals surface area contributed by atoms with Gasteiger partial charge in [0.05, 0.1) is 15.6 Å². The molecule has 0 aliphatic rings. The molecule has 0 saturated carbocycles. The Balaban J connectivity index is 2.21. The molecular formula is C15H14ClN5O2S2. The van der Waals surface area contributed by atoms with Crippen molar-refractivity contribution >= 4 is 55.5 Å². The van der Waals surface area contributed by atoms with Gasteiger partial charge in [0, 0.05) is 17.1 Å². The van der Waals surface area contributed by atoms with Crippen LogP contribution in [0.15, 0.2) is 51.9 Å². The van der Waals surface area contributed by atoms with E-state index in [1.807, 2.05) is 12.1 Å². The number of para-hydroxylation sites is 1. The molecule has 0 saturated heterocycles. The molecule has 4 N–H and O–H groups in total. The molecule has 0 spiro atoms. The fraction of sp³-hybridized carbons (Fsp3) is 0.0667. The van der Waals surface area contributed by atoms with Gasteiger partial charge in [-0.15, -0.1) is 11.3 Å². The van der Waals surface area contributed by atoms with Crippen molar-refractivity contribution in [1.82, 2.24) is 9.40 Å². The maximum atomic E-state index is 13.0. The Morgan fingerprint density at radius 2 is 2.04 bits per heavy atom. The molecule has 25 heavy (non-hydrogen) atoms. The van der Waals surface area contributed by atoms with Gasteiger partial charge in [-0.2, -0.15) is 13.5 Å². The summed E-state index contributed by atoms with van der Waals surface area (Å²) in [5.41, 5.74) is 9.26. The van der Waals surface area contributed by atoms with E-state index >= 15 is 0 Å². The van der Waals surface area contributed by atoms with Gasteiger partial charge in [-0.25, -0.2) is 9.40 Å². The summed E-state index contributed by atoms with van der Waals surface area (Å²) in [7, 11) is -3.78. The zero-order chi connectivity index (χ0) is 18.2. The van der Waals surface area contributed by atoms with Crippen molar-refractivity contribution in [1.29, 1.82) is 5.41 Å². The number of aromatic nitrogens is 1. The lowest BCUT2D eigenvalue weighted by Crippen LogP contribution is -2.26. The second-order valence-electron chi connectivity index (χ2n) is 5.14. The van der Waals surface area contributed by atoms with E-state index < -0.39 is 10.0 Å². The molecule has 130 valence electrons. The number of benzene rings is 1. The van der Waals surface area contributed by atoms with Crippen molar-refractivity contribution in [3.05, 3.63) is 52.5 Å². The molecule has 0 bridgehead atoms. The number of rotatable bonds is 4. The standard InChI is InChI=1S/C15H14ClN5O2S2/c1-9(19-20-15(17)18)11-8-21(12-5-3-2-4-10(11)12)25(22,23)14-7-6-13(16)24-14/h2-8H,1H3,(H4,17,18,20)/b19-9-. The molecule has 0 aliphatic carbocycles. The van der Waals surface area contributed by atoms with Gasteiger partial charge in [0.2, 0.25) is 5.96 Å². The van der Waals surface area contributed by atoms with E-state index in [2.05, 4.69) is 10.5 Å². The smallest absolute Gasteiger partial charge is 0.277 e. The third kappa shape index (κ3) is 3.26. The first-order valence-corrected chi connectivity index (χ1v) is 9.70. The molecule has 3 aromatic rings. The van der Waals surface area contributed by atoms with Crippen molar-refractivity contribution in [2.75, 3.05) is 0 Å². The zero-order valence-electron chi connectivity index (χ0n) is 13.0. The minimum atomic E-state index is -3.78. The van der Waals surface area contributed by atoms with Crippen LogP contribution in [0.4, 0.5) is 0 Å². The fourth-order valence-electron chi connectivity index (χ4n) is 2.37. The summed E-state index contributed by atoms with van der Waals surface area (Å²) >= 11 is 6.88. The van der Waals surface area contributed by atoms with Crippen LogP contribution in [0.5, 0.6) is 0 Å². The van der Waals surface area contributed by atoms with Gasteiger partial charge in [0.15, 0.2) is 0 Å². The number of thiophene rings is 1. The van der Waals surface area contributed by atoms with Crippen LogP contribution in [0.3, 0.4) is 0 Å². The lowest BCUT2D eigenvalue weighted by Gasteiger charge is -2.04. The monoisotopic (exact) mass is 395 g/mol. The highest BCUT2D eigenvalue weighted by molar-refractivity contribution is 7.92. The number of nitrogens with one attached hydrogen (secondary N) is 2. The quantitative estimate of drug-likeness (QED) is 0.358. The maximum absolute atomic E-state index is 13.0. The second-order valence-corrected chi connectivity index (χ2v) is 8.90. The Hall–Kier alpha value is -2.36. The first kappa shape index (κ1) is 17.5. The van der Waals surface area contributed by atoms with E-state index in [0.29, 0.717) is 21.1 Å². The molecule has 0 aliphatic heterocycles. The summed E-state index contributed by atoms with van der Waals surface area (Å²) in [4.78, 5) is 0. The maximum Gasteiger partial charge on any atom is 0.277 e. The van der Waals surface area contributed by atoms with Crippen LogP contribution in [0, 0.1) is 5.41 Å². The van der Waals surface area contributed by atoms with Crippen LogP contribution in [0.1, 0.15) is 12.5 Å². The SMILES string of the molecule is C/C(=N/NC(=N)N)c1cn(S(=O)(=O)c2ccc(Cl)s2)c2ccccc12. The predicted molar refractivity (Wildman–Crippen MR) is 101 cm³/mol. The minimum absolute atomic E-state index is 0.154. The number of halogens is 1. The van der Waals surface area contributed by atoms with Crippen LogP contribution in [-0.4, -0.2) is 24.1 Å². The Labute approximate surface area is 153 Å². The van der Waals surface area contributed by atoms with Crippen LogP contribution < -0.4 is 11.2 Å². The summed E-state index contributed by atoms with van der Waals surface area (Å²) in [6.45, 7) is 1.71.